The first-order chi connectivity index (χ1) is 5.70. The molecule has 0 bridgehead atoms. The molecular formula is C9H10BrNO. The van der Waals surface area contributed by atoms with E-state index >= 15 is 0 Å². The number of phenols is 1. The Balaban J connectivity index is 2.38. The van der Waals surface area contributed by atoms with Crippen LogP contribution in [0.5, 0.6) is 5.75 Å². The summed E-state index contributed by atoms with van der Waals surface area (Å²) in [5.74, 6) is 0.706. The minimum atomic E-state index is 0.241. The number of benzene rings is 1. The fraction of sp³-hybridized carbons (Fsp3) is 0.333. The predicted octanol–water partition coefficient (Wildman–Crippen LogP) is 1.97. The monoisotopic (exact) mass is 227 g/mol. The van der Waals surface area contributed by atoms with E-state index in [-0.39, 0.29) is 6.04 Å². The molecule has 1 aliphatic rings. The maximum Gasteiger partial charge on any atom is 0.133 e. The second-order valence-electron chi connectivity index (χ2n) is 3.18. The summed E-state index contributed by atoms with van der Waals surface area (Å²) in [6, 6.07) is 5.92. The Morgan fingerprint density at radius 2 is 2.17 bits per heavy atom. The first-order valence-corrected chi connectivity index (χ1v) is 4.72. The van der Waals surface area contributed by atoms with Crippen LogP contribution < -0.4 is 5.73 Å². The molecule has 2 atom stereocenters. The summed E-state index contributed by atoms with van der Waals surface area (Å²) in [6.07, 6.45) is 0.990. The molecule has 1 saturated carbocycles. The zero-order chi connectivity index (χ0) is 8.72. The topological polar surface area (TPSA) is 46.2 Å². The minimum Gasteiger partial charge on any atom is -0.506 e. The summed E-state index contributed by atoms with van der Waals surface area (Å²) in [5, 5.41) is 9.62. The van der Waals surface area contributed by atoms with Crippen molar-refractivity contribution in [2.75, 3.05) is 0 Å². The fourth-order valence-electron chi connectivity index (χ4n) is 1.40. The first-order valence-electron chi connectivity index (χ1n) is 3.93. The van der Waals surface area contributed by atoms with Crippen LogP contribution in [0.1, 0.15) is 17.9 Å². The number of hydrogen-bond acceptors (Lipinski definition) is 2. The van der Waals surface area contributed by atoms with Crippen LogP contribution >= 0.6 is 15.9 Å². The van der Waals surface area contributed by atoms with Crippen molar-refractivity contribution in [1.82, 2.24) is 0 Å². The summed E-state index contributed by atoms with van der Waals surface area (Å²) >= 11 is 3.27. The van der Waals surface area contributed by atoms with Gasteiger partial charge in [0.25, 0.3) is 0 Å². The van der Waals surface area contributed by atoms with Crippen LogP contribution in [-0.2, 0) is 0 Å². The number of hydrogen-bond donors (Lipinski definition) is 2. The van der Waals surface area contributed by atoms with Crippen molar-refractivity contribution in [2.24, 2.45) is 5.73 Å². The minimum absolute atomic E-state index is 0.241. The molecule has 2 rings (SSSR count). The van der Waals surface area contributed by atoms with E-state index in [1.54, 1.807) is 0 Å². The van der Waals surface area contributed by atoms with E-state index < -0.39 is 0 Å². The van der Waals surface area contributed by atoms with Gasteiger partial charge >= 0.3 is 0 Å². The molecule has 0 unspecified atom stereocenters. The van der Waals surface area contributed by atoms with Crippen molar-refractivity contribution in [3.63, 3.8) is 0 Å². The van der Waals surface area contributed by atoms with Crippen molar-refractivity contribution >= 4 is 15.9 Å². The molecule has 1 aliphatic carbocycles. The molecule has 0 aromatic heterocycles. The van der Waals surface area contributed by atoms with Crippen LogP contribution in [-0.4, -0.2) is 11.1 Å². The fourth-order valence-corrected chi connectivity index (χ4v) is 1.79. The van der Waals surface area contributed by atoms with Gasteiger partial charge in [0.05, 0.1) is 4.47 Å². The van der Waals surface area contributed by atoms with E-state index in [1.807, 2.05) is 18.2 Å². The summed E-state index contributed by atoms with van der Waals surface area (Å²) in [4.78, 5) is 0. The molecule has 1 fully saturated rings. The summed E-state index contributed by atoms with van der Waals surface area (Å²) in [6.45, 7) is 0. The quantitative estimate of drug-likeness (QED) is 0.771. The van der Waals surface area contributed by atoms with Crippen LogP contribution in [0.4, 0.5) is 0 Å². The number of nitrogens with two attached hydrogens (primary N) is 1. The molecule has 0 amide bonds. The molecule has 0 aliphatic heterocycles. The largest absolute Gasteiger partial charge is 0.506 e. The summed E-state index contributed by atoms with van der Waals surface area (Å²) < 4.78 is 0.749. The van der Waals surface area contributed by atoms with Crippen molar-refractivity contribution < 1.29 is 5.11 Å². The predicted molar refractivity (Wildman–Crippen MR) is 51.1 cm³/mol. The molecule has 2 nitrogen and oxygen atoms in total. The van der Waals surface area contributed by atoms with Gasteiger partial charge in [-0.15, -0.1) is 0 Å². The lowest BCUT2D eigenvalue weighted by Crippen LogP contribution is -2.01. The third-order valence-electron chi connectivity index (χ3n) is 2.26. The molecule has 1 aromatic carbocycles. The van der Waals surface area contributed by atoms with Crippen LogP contribution in [0.15, 0.2) is 22.7 Å². The Kier molecular flexibility index (Phi) is 1.85. The van der Waals surface area contributed by atoms with Gasteiger partial charge in [0.1, 0.15) is 5.75 Å². The van der Waals surface area contributed by atoms with Gasteiger partial charge in [-0.25, -0.2) is 0 Å². The van der Waals surface area contributed by atoms with Gasteiger partial charge in [-0.2, -0.15) is 0 Å². The van der Waals surface area contributed by atoms with Crippen LogP contribution in [0.3, 0.4) is 0 Å². The Morgan fingerprint density at radius 1 is 1.50 bits per heavy atom. The third kappa shape index (κ3) is 1.23. The lowest BCUT2D eigenvalue weighted by atomic mass is 10.1. The van der Waals surface area contributed by atoms with Gasteiger partial charge in [0, 0.05) is 12.0 Å². The molecule has 1 aromatic rings. The zero-order valence-electron chi connectivity index (χ0n) is 6.50. The average Bonchev–Trinajstić information content (AvgIpc) is 2.73. The molecule has 3 N–H and O–H groups in total. The Bertz CT molecular complexity index is 313. The Hall–Kier alpha value is -0.540. The average molecular weight is 228 g/mol. The van der Waals surface area contributed by atoms with Crippen molar-refractivity contribution in [3.8, 4) is 5.75 Å². The van der Waals surface area contributed by atoms with Crippen molar-refractivity contribution in [1.29, 1.82) is 0 Å². The van der Waals surface area contributed by atoms with Gasteiger partial charge in [-0.1, -0.05) is 12.1 Å². The van der Waals surface area contributed by atoms with E-state index in [0.29, 0.717) is 11.7 Å². The van der Waals surface area contributed by atoms with E-state index in [9.17, 15) is 5.11 Å². The second-order valence-corrected chi connectivity index (χ2v) is 4.04. The van der Waals surface area contributed by atoms with Crippen molar-refractivity contribution in [2.45, 2.75) is 18.4 Å². The first kappa shape index (κ1) is 8.08. The lowest BCUT2D eigenvalue weighted by Gasteiger charge is -2.03. The molecule has 0 saturated heterocycles. The number of halogens is 1. The molecular weight excluding hydrogens is 218 g/mol. The van der Waals surface area contributed by atoms with Gasteiger partial charge in [0.2, 0.25) is 0 Å². The number of rotatable bonds is 1. The van der Waals surface area contributed by atoms with E-state index in [0.717, 1.165) is 16.5 Å². The molecule has 3 heteroatoms. The van der Waals surface area contributed by atoms with Crippen LogP contribution in [0.25, 0.3) is 0 Å². The number of para-hydroxylation sites is 1. The van der Waals surface area contributed by atoms with Gasteiger partial charge in [-0.05, 0) is 34.0 Å². The highest BCUT2D eigenvalue weighted by Gasteiger charge is 2.36. The summed E-state index contributed by atoms with van der Waals surface area (Å²) in [5.41, 5.74) is 6.66. The molecule has 12 heavy (non-hydrogen) atoms. The van der Waals surface area contributed by atoms with Crippen molar-refractivity contribution in [3.05, 3.63) is 28.2 Å². The van der Waals surface area contributed by atoms with Gasteiger partial charge in [0.15, 0.2) is 0 Å². The van der Waals surface area contributed by atoms with E-state index in [2.05, 4.69) is 15.9 Å². The SMILES string of the molecule is N[C@@H]1C[C@H]1c1cccc(Br)c1O. The maximum absolute atomic E-state index is 9.62. The van der Waals surface area contributed by atoms with Crippen LogP contribution in [0, 0.1) is 0 Å². The molecule has 0 spiro atoms. The highest BCUT2D eigenvalue weighted by Crippen LogP contribution is 2.44. The van der Waals surface area contributed by atoms with Crippen LogP contribution in [0.2, 0.25) is 0 Å². The third-order valence-corrected chi connectivity index (χ3v) is 2.90. The lowest BCUT2D eigenvalue weighted by molar-refractivity contribution is 0.464. The van der Waals surface area contributed by atoms with E-state index in [4.69, 9.17) is 5.73 Å². The number of aromatic hydroxyl groups is 1. The maximum atomic E-state index is 9.62. The second kappa shape index (κ2) is 2.75. The Labute approximate surface area is 79.5 Å². The molecule has 64 valence electrons. The Morgan fingerprint density at radius 3 is 2.75 bits per heavy atom. The highest BCUT2D eigenvalue weighted by molar-refractivity contribution is 9.10. The van der Waals surface area contributed by atoms with Gasteiger partial charge in [-0.3, -0.25) is 0 Å². The summed E-state index contributed by atoms with van der Waals surface area (Å²) in [7, 11) is 0. The van der Waals surface area contributed by atoms with E-state index in [1.165, 1.54) is 0 Å². The smallest absolute Gasteiger partial charge is 0.133 e. The molecule has 0 heterocycles. The van der Waals surface area contributed by atoms with Gasteiger partial charge < -0.3 is 10.8 Å². The highest BCUT2D eigenvalue weighted by atomic mass is 79.9. The molecule has 0 radical (unpaired) electrons. The zero-order valence-corrected chi connectivity index (χ0v) is 8.08. The standard InChI is InChI=1S/C9H10BrNO/c10-7-3-1-2-5(9(7)12)6-4-8(6)11/h1-3,6,8,12H,4,11H2/t6-,8+/m0/s1. The normalized spacial score (nSPS) is 27.2. The number of phenolic OH excluding ortho intramolecular Hbond substituents is 1.